The number of aromatic nitrogens is 5. The molecule has 9 nitrogen and oxygen atoms in total. The normalized spacial score (nSPS) is 13.0. The van der Waals surface area contributed by atoms with Gasteiger partial charge in [-0.05, 0) is 31.0 Å². The molecular weight excluding hydrogens is 451 g/mol. The highest BCUT2D eigenvalue weighted by atomic mass is 35.5. The Morgan fingerprint density at radius 3 is 2.59 bits per heavy atom. The molecule has 1 saturated carbocycles. The van der Waals surface area contributed by atoms with Crippen molar-refractivity contribution in [2.24, 2.45) is 5.92 Å². The molecule has 2 N–H and O–H groups in total. The molecule has 1 aliphatic rings. The fourth-order valence-corrected chi connectivity index (χ4v) is 3.86. The zero-order valence-corrected chi connectivity index (χ0v) is 17.9. The molecule has 0 unspecified atom stereocenters. The van der Waals surface area contributed by atoms with Crippen LogP contribution in [0, 0.1) is 17.2 Å². The molecule has 0 atom stereocenters. The summed E-state index contributed by atoms with van der Waals surface area (Å²) in [5.41, 5.74) is 1.47. The summed E-state index contributed by atoms with van der Waals surface area (Å²) in [6.45, 7) is 0. The van der Waals surface area contributed by atoms with Crippen molar-refractivity contribution in [3.8, 4) is 11.8 Å². The van der Waals surface area contributed by atoms with E-state index in [1.165, 1.54) is 18.5 Å². The van der Waals surface area contributed by atoms with Gasteiger partial charge >= 0.3 is 0 Å². The molecule has 0 saturated heterocycles. The first kappa shape index (κ1) is 20.2. The minimum Gasteiger partial charge on any atom is -0.324 e. The van der Waals surface area contributed by atoms with Crippen molar-refractivity contribution in [2.45, 2.75) is 12.8 Å². The second-order valence-corrected chi connectivity index (χ2v) is 8.06. The van der Waals surface area contributed by atoms with Crippen molar-refractivity contribution in [1.29, 1.82) is 5.26 Å². The number of rotatable bonds is 5. The summed E-state index contributed by atoms with van der Waals surface area (Å²) in [6, 6.07) is 8.48. The van der Waals surface area contributed by atoms with Crippen LogP contribution in [0.1, 0.15) is 18.4 Å². The predicted molar refractivity (Wildman–Crippen MR) is 120 cm³/mol. The van der Waals surface area contributed by atoms with Gasteiger partial charge < -0.3 is 10.6 Å². The van der Waals surface area contributed by atoms with E-state index in [4.69, 9.17) is 28.5 Å². The maximum atomic E-state index is 12.0. The summed E-state index contributed by atoms with van der Waals surface area (Å²) in [5, 5.41) is 20.9. The topological polar surface area (TPSA) is 121 Å². The minimum atomic E-state index is -0.0349. The number of nitrogens with zero attached hydrogens (tertiary/aromatic N) is 6. The summed E-state index contributed by atoms with van der Waals surface area (Å²) < 4.78 is 1.55. The van der Waals surface area contributed by atoms with Gasteiger partial charge in [0.25, 0.3) is 0 Å². The largest absolute Gasteiger partial charge is 0.324 e. The van der Waals surface area contributed by atoms with Gasteiger partial charge in [-0.15, -0.1) is 0 Å². The minimum absolute atomic E-state index is 0.0349. The Morgan fingerprint density at radius 2 is 1.88 bits per heavy atom. The Balaban J connectivity index is 1.47. The Bertz CT molecular complexity index is 1380. The summed E-state index contributed by atoms with van der Waals surface area (Å²) >= 11 is 12.7. The van der Waals surface area contributed by atoms with Crippen molar-refractivity contribution in [3.05, 3.63) is 58.6 Å². The first-order valence-corrected chi connectivity index (χ1v) is 10.4. The summed E-state index contributed by atoms with van der Waals surface area (Å²) in [7, 11) is 0. The molecule has 4 aromatic rings. The van der Waals surface area contributed by atoms with E-state index in [0.29, 0.717) is 49.7 Å². The number of amides is 1. The van der Waals surface area contributed by atoms with Crippen molar-refractivity contribution in [3.63, 3.8) is 0 Å². The number of anilines is 3. The highest BCUT2D eigenvalue weighted by Gasteiger charge is 2.29. The van der Waals surface area contributed by atoms with Crippen LogP contribution >= 0.6 is 23.2 Å². The van der Waals surface area contributed by atoms with Crippen LogP contribution in [0.5, 0.6) is 0 Å². The highest BCUT2D eigenvalue weighted by molar-refractivity contribution is 6.38. The van der Waals surface area contributed by atoms with Crippen molar-refractivity contribution in [2.75, 3.05) is 10.6 Å². The molecule has 32 heavy (non-hydrogen) atoms. The van der Waals surface area contributed by atoms with Gasteiger partial charge in [-0.2, -0.15) is 10.4 Å². The van der Waals surface area contributed by atoms with Gasteiger partial charge in [0.05, 0.1) is 32.6 Å². The van der Waals surface area contributed by atoms with Gasteiger partial charge in [-0.3, -0.25) is 4.79 Å². The third-order valence-corrected chi connectivity index (χ3v) is 5.50. The zero-order valence-electron chi connectivity index (χ0n) is 16.4. The lowest BCUT2D eigenvalue weighted by Gasteiger charge is -2.08. The summed E-state index contributed by atoms with van der Waals surface area (Å²) in [5.74, 6) is 1.43. The standard InChI is InChI=1S/C21H14Cl2N8O/c22-14-5-11(8-24)6-15(23)19(14)31-9-13-16(30-31)3-4-25-20(13)28-17-7-18(27-10-26-17)29-21(32)12-1-2-12/h3-7,9-10,12H,1-2H2,(H2,25,26,27,28,29,32). The number of fused-ring (bicyclic) bond motifs is 1. The number of nitrogens with one attached hydrogen (secondary N) is 2. The molecule has 5 rings (SSSR count). The van der Waals surface area contributed by atoms with Crippen LogP contribution in [0.2, 0.25) is 10.0 Å². The van der Waals surface area contributed by atoms with Crippen LogP contribution < -0.4 is 10.6 Å². The van der Waals surface area contributed by atoms with E-state index in [-0.39, 0.29) is 11.8 Å². The molecule has 1 aromatic carbocycles. The number of hydrogen-bond donors (Lipinski definition) is 2. The maximum absolute atomic E-state index is 12.0. The molecule has 11 heteroatoms. The van der Waals surface area contributed by atoms with Gasteiger partial charge in [0.2, 0.25) is 5.91 Å². The Kier molecular flexibility index (Phi) is 5.09. The molecule has 3 aromatic heterocycles. The summed E-state index contributed by atoms with van der Waals surface area (Å²) in [6.07, 6.45) is 6.53. The van der Waals surface area contributed by atoms with E-state index >= 15 is 0 Å². The van der Waals surface area contributed by atoms with E-state index in [0.717, 1.165) is 12.8 Å². The van der Waals surface area contributed by atoms with Crippen molar-refractivity contribution in [1.82, 2.24) is 24.7 Å². The first-order valence-electron chi connectivity index (χ1n) is 9.65. The van der Waals surface area contributed by atoms with E-state index in [2.05, 4.69) is 30.7 Å². The molecule has 1 fully saturated rings. The van der Waals surface area contributed by atoms with Crippen LogP contribution in [-0.2, 0) is 4.79 Å². The number of nitriles is 1. The van der Waals surface area contributed by atoms with Crippen molar-refractivity contribution >= 4 is 57.5 Å². The van der Waals surface area contributed by atoms with Gasteiger partial charge in [-0.25, -0.2) is 19.6 Å². The van der Waals surface area contributed by atoms with Crippen molar-refractivity contribution < 1.29 is 4.79 Å². The zero-order chi connectivity index (χ0) is 22.2. The van der Waals surface area contributed by atoms with Gasteiger partial charge in [-0.1, -0.05) is 23.2 Å². The lowest BCUT2D eigenvalue weighted by Crippen LogP contribution is -2.14. The predicted octanol–water partition coefficient (Wildman–Crippen LogP) is 4.48. The van der Waals surface area contributed by atoms with E-state index < -0.39 is 0 Å². The van der Waals surface area contributed by atoms with E-state index in [1.54, 1.807) is 29.2 Å². The lowest BCUT2D eigenvalue weighted by atomic mass is 10.2. The smallest absolute Gasteiger partial charge is 0.228 e. The Morgan fingerprint density at radius 1 is 1.12 bits per heavy atom. The monoisotopic (exact) mass is 464 g/mol. The van der Waals surface area contributed by atoms with Gasteiger partial charge in [0, 0.05) is 24.4 Å². The third kappa shape index (κ3) is 3.93. The van der Waals surface area contributed by atoms with Gasteiger partial charge in [0.1, 0.15) is 29.5 Å². The Labute approximate surface area is 192 Å². The van der Waals surface area contributed by atoms with Crippen LogP contribution in [0.25, 0.3) is 16.6 Å². The highest BCUT2D eigenvalue weighted by Crippen LogP contribution is 2.33. The molecular formula is C21H14Cl2N8O. The molecule has 1 amide bonds. The molecule has 0 aliphatic heterocycles. The van der Waals surface area contributed by atoms with E-state index in [1.807, 2.05) is 6.07 Å². The first-order chi connectivity index (χ1) is 15.5. The third-order valence-electron chi connectivity index (χ3n) is 4.92. The number of halogens is 2. The van der Waals surface area contributed by atoms with E-state index in [9.17, 15) is 4.79 Å². The Hall–Kier alpha value is -3.74. The number of carbonyl (C=O) groups is 1. The lowest BCUT2D eigenvalue weighted by molar-refractivity contribution is -0.117. The molecule has 158 valence electrons. The second kappa shape index (κ2) is 8.07. The SMILES string of the molecule is N#Cc1cc(Cl)c(-n2cc3c(Nc4cc(NC(=O)C5CC5)ncn4)nccc3n2)c(Cl)c1. The molecule has 0 bridgehead atoms. The second-order valence-electron chi connectivity index (χ2n) is 7.24. The fourth-order valence-electron chi connectivity index (χ4n) is 3.20. The summed E-state index contributed by atoms with van der Waals surface area (Å²) in [4.78, 5) is 24.7. The number of pyridine rings is 1. The van der Waals surface area contributed by atoms with Crippen LogP contribution in [-0.4, -0.2) is 30.6 Å². The molecule has 0 spiro atoms. The average Bonchev–Trinajstić information content (AvgIpc) is 3.53. The molecule has 0 radical (unpaired) electrons. The number of carbonyl (C=O) groups excluding carboxylic acids is 1. The van der Waals surface area contributed by atoms with Crippen LogP contribution in [0.4, 0.5) is 17.5 Å². The van der Waals surface area contributed by atoms with Gasteiger partial charge in [0.15, 0.2) is 0 Å². The molecule has 3 heterocycles. The van der Waals surface area contributed by atoms with Crippen LogP contribution in [0.15, 0.2) is 43.0 Å². The number of hydrogen-bond acceptors (Lipinski definition) is 7. The number of benzene rings is 1. The molecule has 1 aliphatic carbocycles. The van der Waals surface area contributed by atoms with Crippen LogP contribution in [0.3, 0.4) is 0 Å². The maximum Gasteiger partial charge on any atom is 0.228 e. The average molecular weight is 465 g/mol. The fraction of sp³-hybridized carbons (Fsp3) is 0.143. The quantitative estimate of drug-likeness (QED) is 0.446.